The lowest BCUT2D eigenvalue weighted by Crippen LogP contribution is -1.98. The Kier molecular flexibility index (Phi) is 4.51. The van der Waals surface area contributed by atoms with E-state index in [1.54, 1.807) is 23.9 Å². The maximum absolute atomic E-state index is 8.92. The molecular weight excluding hydrogens is 302 g/mol. The molecule has 0 bridgehead atoms. The monoisotopic (exact) mass is 317 g/mol. The molecule has 3 nitrogen and oxygen atoms in total. The summed E-state index contributed by atoms with van der Waals surface area (Å²) in [5, 5.41) is 12.3. The number of rotatable bonds is 4. The lowest BCUT2D eigenvalue weighted by molar-refractivity contribution is 1.38. The summed E-state index contributed by atoms with van der Waals surface area (Å²) < 4.78 is 0. The van der Waals surface area contributed by atoms with Crippen molar-refractivity contribution < 1.29 is 0 Å². The van der Waals surface area contributed by atoms with Gasteiger partial charge in [0.05, 0.1) is 28.7 Å². The van der Waals surface area contributed by atoms with E-state index in [2.05, 4.69) is 29.6 Å². The zero-order chi connectivity index (χ0) is 16.1. The zero-order valence-corrected chi connectivity index (χ0v) is 13.2. The first-order valence-corrected chi connectivity index (χ1v) is 7.96. The Hall–Kier alpha value is -2.90. The summed E-state index contributed by atoms with van der Waals surface area (Å²) >= 11 is 1.69. The molecule has 0 radical (unpaired) electrons. The largest absolute Gasteiger partial charge is 0.397 e. The van der Waals surface area contributed by atoms with Gasteiger partial charge in [0.1, 0.15) is 0 Å². The number of benzene rings is 3. The lowest BCUT2D eigenvalue weighted by atomic mass is 10.2. The molecule has 0 fully saturated rings. The van der Waals surface area contributed by atoms with Crippen LogP contribution in [0.1, 0.15) is 5.56 Å². The van der Waals surface area contributed by atoms with Crippen molar-refractivity contribution >= 4 is 28.8 Å². The number of para-hydroxylation sites is 1. The molecule has 112 valence electrons. The lowest BCUT2D eigenvalue weighted by Gasteiger charge is -2.13. The van der Waals surface area contributed by atoms with Crippen molar-refractivity contribution in [3.8, 4) is 6.07 Å². The fraction of sp³-hybridized carbons (Fsp3) is 0. The van der Waals surface area contributed by atoms with E-state index in [9.17, 15) is 0 Å². The molecule has 0 aliphatic heterocycles. The van der Waals surface area contributed by atoms with Gasteiger partial charge in [-0.25, -0.2) is 0 Å². The van der Waals surface area contributed by atoms with E-state index in [0.29, 0.717) is 11.3 Å². The predicted molar refractivity (Wildman–Crippen MR) is 95.9 cm³/mol. The van der Waals surface area contributed by atoms with Crippen LogP contribution in [0.3, 0.4) is 0 Å². The molecule has 0 saturated carbocycles. The van der Waals surface area contributed by atoms with Crippen molar-refractivity contribution in [2.45, 2.75) is 9.79 Å². The first kappa shape index (κ1) is 15.0. The minimum atomic E-state index is 0.556. The first-order chi connectivity index (χ1) is 11.3. The van der Waals surface area contributed by atoms with Gasteiger partial charge in [-0.15, -0.1) is 0 Å². The van der Waals surface area contributed by atoms with Gasteiger partial charge >= 0.3 is 0 Å². The van der Waals surface area contributed by atoms with Crippen LogP contribution < -0.4 is 11.1 Å². The smallest absolute Gasteiger partial charge is 0.0992 e. The first-order valence-electron chi connectivity index (χ1n) is 7.15. The van der Waals surface area contributed by atoms with Crippen LogP contribution in [0.4, 0.5) is 17.1 Å². The number of hydrogen-bond donors (Lipinski definition) is 2. The molecule has 0 amide bonds. The van der Waals surface area contributed by atoms with Gasteiger partial charge in [0, 0.05) is 9.79 Å². The quantitative estimate of drug-likeness (QED) is 0.662. The fourth-order valence-electron chi connectivity index (χ4n) is 2.17. The minimum Gasteiger partial charge on any atom is -0.397 e. The summed E-state index contributed by atoms with van der Waals surface area (Å²) in [6.07, 6.45) is 0. The Morgan fingerprint density at radius 3 is 2.35 bits per heavy atom. The Morgan fingerprint density at radius 2 is 1.61 bits per heavy atom. The van der Waals surface area contributed by atoms with Gasteiger partial charge in [-0.3, -0.25) is 0 Å². The summed E-state index contributed by atoms with van der Waals surface area (Å²) in [5.41, 5.74) is 8.92. The number of nitrogens with one attached hydrogen (secondary N) is 1. The van der Waals surface area contributed by atoms with Crippen molar-refractivity contribution in [2.75, 3.05) is 11.1 Å². The Labute approximate surface area is 139 Å². The Balaban J connectivity index is 1.88. The van der Waals surface area contributed by atoms with E-state index in [0.717, 1.165) is 16.3 Å². The van der Waals surface area contributed by atoms with Gasteiger partial charge in [0.2, 0.25) is 0 Å². The van der Waals surface area contributed by atoms with Crippen molar-refractivity contribution in [1.82, 2.24) is 0 Å². The third-order valence-corrected chi connectivity index (χ3v) is 4.39. The molecule has 0 atom stereocenters. The van der Waals surface area contributed by atoms with Crippen molar-refractivity contribution in [2.24, 2.45) is 0 Å². The normalized spacial score (nSPS) is 10.0. The highest BCUT2D eigenvalue weighted by Crippen LogP contribution is 2.35. The highest BCUT2D eigenvalue weighted by Gasteiger charge is 2.06. The molecule has 3 rings (SSSR count). The fourth-order valence-corrected chi connectivity index (χ4v) is 3.09. The van der Waals surface area contributed by atoms with Gasteiger partial charge in [0.15, 0.2) is 0 Å². The van der Waals surface area contributed by atoms with E-state index in [1.807, 2.05) is 42.5 Å². The molecule has 0 aliphatic rings. The second-order valence-corrected chi connectivity index (χ2v) is 6.07. The highest BCUT2D eigenvalue weighted by molar-refractivity contribution is 7.99. The molecule has 0 saturated heterocycles. The minimum absolute atomic E-state index is 0.556. The molecule has 4 heteroatoms. The molecule has 0 heterocycles. The molecule has 0 unspecified atom stereocenters. The molecule has 0 spiro atoms. The second-order valence-electron chi connectivity index (χ2n) is 4.95. The third kappa shape index (κ3) is 3.65. The molecular formula is C19H15N3S. The van der Waals surface area contributed by atoms with Gasteiger partial charge < -0.3 is 11.1 Å². The van der Waals surface area contributed by atoms with Crippen LogP contribution in [0.5, 0.6) is 0 Å². The Bertz CT molecular complexity index is 854. The topological polar surface area (TPSA) is 61.8 Å². The number of nitrogens with zero attached hydrogens (tertiary/aromatic N) is 1. The van der Waals surface area contributed by atoms with Gasteiger partial charge in [0.25, 0.3) is 0 Å². The van der Waals surface area contributed by atoms with Crippen LogP contribution in [0.2, 0.25) is 0 Å². The van der Waals surface area contributed by atoms with Gasteiger partial charge in [-0.2, -0.15) is 5.26 Å². The van der Waals surface area contributed by atoms with Crippen LogP contribution in [-0.4, -0.2) is 0 Å². The predicted octanol–water partition coefficient (Wildman–Crippen LogP) is 5.04. The van der Waals surface area contributed by atoms with E-state index in [-0.39, 0.29) is 0 Å². The van der Waals surface area contributed by atoms with Crippen molar-refractivity contribution in [3.05, 3.63) is 78.4 Å². The molecule has 0 aliphatic carbocycles. The van der Waals surface area contributed by atoms with E-state index < -0.39 is 0 Å². The number of hydrogen-bond acceptors (Lipinski definition) is 4. The molecule has 0 aromatic heterocycles. The number of nitriles is 1. The van der Waals surface area contributed by atoms with Gasteiger partial charge in [-0.1, -0.05) is 42.1 Å². The molecule has 23 heavy (non-hydrogen) atoms. The number of nitrogens with two attached hydrogens (primary N) is 1. The van der Waals surface area contributed by atoms with Crippen LogP contribution >= 0.6 is 11.8 Å². The van der Waals surface area contributed by atoms with Crippen molar-refractivity contribution in [3.63, 3.8) is 0 Å². The average Bonchev–Trinajstić information content (AvgIpc) is 2.59. The van der Waals surface area contributed by atoms with E-state index in [4.69, 9.17) is 11.0 Å². The Morgan fingerprint density at radius 1 is 0.870 bits per heavy atom. The third-order valence-electron chi connectivity index (χ3n) is 3.31. The SMILES string of the molecule is N#Cc1ccc(Nc2ccccc2Sc2ccccc2)c(N)c1. The molecule has 3 aromatic carbocycles. The van der Waals surface area contributed by atoms with Crippen LogP contribution in [0.25, 0.3) is 0 Å². The number of anilines is 3. The zero-order valence-electron chi connectivity index (χ0n) is 12.4. The summed E-state index contributed by atoms with van der Waals surface area (Å²) in [4.78, 5) is 2.29. The van der Waals surface area contributed by atoms with Crippen molar-refractivity contribution in [1.29, 1.82) is 5.26 Å². The standard InChI is InChI=1S/C19H15N3S/c20-13-14-10-11-17(16(21)12-14)22-18-8-4-5-9-19(18)23-15-6-2-1-3-7-15/h1-12,22H,21H2. The van der Waals surface area contributed by atoms with Crippen LogP contribution in [0, 0.1) is 11.3 Å². The summed E-state index contributed by atoms with van der Waals surface area (Å²) in [5.74, 6) is 0. The van der Waals surface area contributed by atoms with E-state index >= 15 is 0 Å². The van der Waals surface area contributed by atoms with Crippen LogP contribution in [0.15, 0.2) is 82.6 Å². The molecule has 3 N–H and O–H groups in total. The number of nitrogen functional groups attached to an aromatic ring is 1. The maximum Gasteiger partial charge on any atom is 0.0992 e. The maximum atomic E-state index is 8.92. The highest BCUT2D eigenvalue weighted by atomic mass is 32.2. The average molecular weight is 317 g/mol. The summed E-state index contributed by atoms with van der Waals surface area (Å²) in [6.45, 7) is 0. The molecule has 3 aromatic rings. The second kappa shape index (κ2) is 6.91. The summed E-state index contributed by atoms with van der Waals surface area (Å²) in [6, 6.07) is 25.7. The van der Waals surface area contributed by atoms with Crippen LogP contribution in [-0.2, 0) is 0 Å². The summed E-state index contributed by atoms with van der Waals surface area (Å²) in [7, 11) is 0. The van der Waals surface area contributed by atoms with Gasteiger partial charge in [-0.05, 0) is 42.5 Å². The van der Waals surface area contributed by atoms with E-state index in [1.165, 1.54) is 4.90 Å².